The first kappa shape index (κ1) is 34.2. The lowest BCUT2D eigenvalue weighted by Crippen LogP contribution is -2.54. The van der Waals surface area contributed by atoms with Crippen molar-refractivity contribution in [2.45, 2.75) is 64.1 Å². The number of ether oxygens (including phenoxy) is 1. The second-order valence-corrected chi connectivity index (χ2v) is 13.4. The van der Waals surface area contributed by atoms with Gasteiger partial charge in [0, 0.05) is 25.1 Å². The van der Waals surface area contributed by atoms with Crippen LogP contribution >= 0.6 is 0 Å². The van der Waals surface area contributed by atoms with Crippen molar-refractivity contribution in [2.24, 2.45) is 0 Å². The Kier molecular flexibility index (Phi) is 11.6. The molecule has 0 aliphatic heterocycles. The molecule has 0 heterocycles. The van der Waals surface area contributed by atoms with Gasteiger partial charge in [0.1, 0.15) is 18.3 Å². The zero-order chi connectivity index (χ0) is 33.3. The Bertz CT molecular complexity index is 1730. The number of benzene rings is 4. The van der Waals surface area contributed by atoms with Crippen LogP contribution in [0.3, 0.4) is 0 Å². The van der Waals surface area contributed by atoms with E-state index in [0.717, 1.165) is 26.6 Å². The Morgan fingerprint density at radius 3 is 2.20 bits per heavy atom. The van der Waals surface area contributed by atoms with Crippen molar-refractivity contribution in [3.63, 3.8) is 0 Å². The van der Waals surface area contributed by atoms with Crippen LogP contribution in [0.4, 0.5) is 5.69 Å². The Hall–Kier alpha value is -4.63. The summed E-state index contributed by atoms with van der Waals surface area (Å²) in [6.07, 6.45) is 0.971. The fourth-order valence-corrected chi connectivity index (χ4v) is 6.50. The fourth-order valence-electron chi connectivity index (χ4n) is 5.10. The maximum absolute atomic E-state index is 14.6. The molecule has 46 heavy (non-hydrogen) atoms. The van der Waals surface area contributed by atoms with Crippen LogP contribution in [0.25, 0.3) is 0 Å². The highest BCUT2D eigenvalue weighted by molar-refractivity contribution is 7.92. The SMILES string of the molecule is CC[C@@H](C)NC(=O)[C@@H](Cc1ccccc1)N(Cc1ccccc1C)C(=O)CN(c1cccc(OC)c1)S(=O)(=O)c1ccc(C)cc1. The summed E-state index contributed by atoms with van der Waals surface area (Å²) in [6.45, 7) is 7.32. The summed E-state index contributed by atoms with van der Waals surface area (Å²) < 4.78 is 35.0. The lowest BCUT2D eigenvalue weighted by molar-refractivity contribution is -0.140. The van der Waals surface area contributed by atoms with Crippen LogP contribution in [0.15, 0.2) is 108 Å². The number of nitrogens with zero attached hydrogens (tertiary/aromatic N) is 2. The smallest absolute Gasteiger partial charge is 0.264 e. The average molecular weight is 642 g/mol. The normalized spacial score (nSPS) is 12.5. The summed E-state index contributed by atoms with van der Waals surface area (Å²) >= 11 is 0. The van der Waals surface area contributed by atoms with Crippen LogP contribution in [-0.2, 0) is 32.6 Å². The first-order valence-corrected chi connectivity index (χ1v) is 16.9. The van der Waals surface area contributed by atoms with Gasteiger partial charge in [-0.3, -0.25) is 13.9 Å². The van der Waals surface area contributed by atoms with Gasteiger partial charge in [-0.1, -0.05) is 85.3 Å². The zero-order valence-electron chi connectivity index (χ0n) is 27.1. The number of methoxy groups -OCH3 is 1. The number of sulfonamides is 1. The number of aryl methyl sites for hydroxylation is 2. The van der Waals surface area contributed by atoms with Crippen molar-refractivity contribution in [2.75, 3.05) is 18.0 Å². The summed E-state index contributed by atoms with van der Waals surface area (Å²) in [6, 6.07) is 29.3. The number of rotatable bonds is 14. The molecule has 4 aromatic rings. The highest BCUT2D eigenvalue weighted by atomic mass is 32.2. The lowest BCUT2D eigenvalue weighted by Gasteiger charge is -2.34. The molecule has 9 heteroatoms. The second-order valence-electron chi connectivity index (χ2n) is 11.5. The number of carbonyl (C=O) groups is 2. The molecule has 242 valence electrons. The Morgan fingerprint density at radius 2 is 1.54 bits per heavy atom. The van der Waals surface area contributed by atoms with Gasteiger partial charge in [0.05, 0.1) is 17.7 Å². The quantitative estimate of drug-likeness (QED) is 0.181. The molecule has 0 unspecified atom stereocenters. The molecule has 0 bridgehead atoms. The van der Waals surface area contributed by atoms with Crippen LogP contribution in [0.2, 0.25) is 0 Å². The van der Waals surface area contributed by atoms with Gasteiger partial charge in [-0.15, -0.1) is 0 Å². The third-order valence-corrected chi connectivity index (χ3v) is 9.89. The monoisotopic (exact) mass is 641 g/mol. The van der Waals surface area contributed by atoms with Gasteiger partial charge in [0.2, 0.25) is 11.8 Å². The molecular formula is C37H43N3O5S. The van der Waals surface area contributed by atoms with E-state index in [1.807, 2.05) is 82.3 Å². The molecule has 2 atom stereocenters. The van der Waals surface area contributed by atoms with E-state index in [1.54, 1.807) is 36.4 Å². The lowest BCUT2D eigenvalue weighted by atomic mass is 10.0. The van der Waals surface area contributed by atoms with Gasteiger partial charge in [-0.05, 0) is 68.1 Å². The maximum atomic E-state index is 14.6. The average Bonchev–Trinajstić information content (AvgIpc) is 3.06. The van der Waals surface area contributed by atoms with E-state index in [1.165, 1.54) is 24.1 Å². The Morgan fingerprint density at radius 1 is 0.870 bits per heavy atom. The first-order chi connectivity index (χ1) is 22.0. The zero-order valence-corrected chi connectivity index (χ0v) is 28.0. The van der Waals surface area contributed by atoms with E-state index in [-0.39, 0.29) is 35.5 Å². The van der Waals surface area contributed by atoms with Crippen molar-refractivity contribution < 1.29 is 22.7 Å². The largest absolute Gasteiger partial charge is 0.497 e. The third-order valence-electron chi connectivity index (χ3n) is 8.10. The number of amides is 2. The van der Waals surface area contributed by atoms with Crippen molar-refractivity contribution in [1.29, 1.82) is 0 Å². The topological polar surface area (TPSA) is 96.0 Å². The van der Waals surface area contributed by atoms with Crippen LogP contribution in [0.1, 0.15) is 42.5 Å². The van der Waals surface area contributed by atoms with Gasteiger partial charge in [0.25, 0.3) is 10.0 Å². The van der Waals surface area contributed by atoms with E-state index in [9.17, 15) is 18.0 Å². The molecule has 2 amide bonds. The summed E-state index contributed by atoms with van der Waals surface area (Å²) in [7, 11) is -2.71. The number of nitrogens with one attached hydrogen (secondary N) is 1. The molecule has 0 spiro atoms. The number of carbonyl (C=O) groups excluding carboxylic acids is 2. The van der Waals surface area contributed by atoms with Crippen LogP contribution < -0.4 is 14.4 Å². The predicted molar refractivity (Wildman–Crippen MR) is 182 cm³/mol. The summed E-state index contributed by atoms with van der Waals surface area (Å²) in [5.41, 5.74) is 3.88. The minimum atomic E-state index is -4.20. The molecule has 1 N–H and O–H groups in total. The van der Waals surface area contributed by atoms with E-state index in [0.29, 0.717) is 12.2 Å². The van der Waals surface area contributed by atoms with Gasteiger partial charge in [-0.25, -0.2) is 8.42 Å². The van der Waals surface area contributed by atoms with Gasteiger partial charge in [-0.2, -0.15) is 0 Å². The molecule has 4 aromatic carbocycles. The Labute approximate surface area is 273 Å². The summed E-state index contributed by atoms with van der Waals surface area (Å²) in [5, 5.41) is 3.07. The van der Waals surface area contributed by atoms with Crippen molar-refractivity contribution in [1.82, 2.24) is 10.2 Å². The molecular weight excluding hydrogens is 598 g/mol. The number of hydrogen-bond donors (Lipinski definition) is 1. The molecule has 0 radical (unpaired) electrons. The molecule has 0 saturated heterocycles. The molecule has 0 aliphatic carbocycles. The van der Waals surface area contributed by atoms with Crippen molar-refractivity contribution >= 4 is 27.5 Å². The molecule has 0 aliphatic rings. The molecule has 0 saturated carbocycles. The molecule has 0 aromatic heterocycles. The summed E-state index contributed by atoms with van der Waals surface area (Å²) in [4.78, 5) is 30.2. The predicted octanol–water partition coefficient (Wildman–Crippen LogP) is 6.06. The van der Waals surface area contributed by atoms with Gasteiger partial charge >= 0.3 is 0 Å². The first-order valence-electron chi connectivity index (χ1n) is 15.4. The standard InChI is InChI=1S/C37H43N3O5S/c1-6-29(4)38-37(42)35(23-30-14-8-7-9-15-30)39(25-31-16-11-10-13-28(31)3)36(41)26-40(32-17-12-18-33(24-32)45-5)46(43,44)34-21-19-27(2)20-22-34/h7-22,24,29,35H,6,23,25-26H2,1-5H3,(H,38,42)/t29-,35-/m1/s1. The van der Waals surface area contributed by atoms with Gasteiger partial charge < -0.3 is 15.0 Å². The van der Waals surface area contributed by atoms with Crippen LogP contribution in [-0.4, -0.2) is 50.9 Å². The fraction of sp³-hybridized carbons (Fsp3) is 0.297. The summed E-state index contributed by atoms with van der Waals surface area (Å²) in [5.74, 6) is -0.364. The minimum Gasteiger partial charge on any atom is -0.497 e. The van der Waals surface area contributed by atoms with E-state index in [4.69, 9.17) is 4.74 Å². The number of anilines is 1. The van der Waals surface area contributed by atoms with E-state index in [2.05, 4.69) is 5.32 Å². The van der Waals surface area contributed by atoms with Crippen LogP contribution in [0, 0.1) is 13.8 Å². The molecule has 4 rings (SSSR count). The van der Waals surface area contributed by atoms with E-state index >= 15 is 0 Å². The third kappa shape index (κ3) is 8.54. The van der Waals surface area contributed by atoms with Gasteiger partial charge in [0.15, 0.2) is 0 Å². The van der Waals surface area contributed by atoms with Crippen LogP contribution in [0.5, 0.6) is 5.75 Å². The van der Waals surface area contributed by atoms with Crippen molar-refractivity contribution in [3.05, 3.63) is 125 Å². The highest BCUT2D eigenvalue weighted by Gasteiger charge is 2.35. The Balaban J connectivity index is 1.83. The van der Waals surface area contributed by atoms with E-state index < -0.39 is 28.5 Å². The minimum absolute atomic E-state index is 0.0505. The maximum Gasteiger partial charge on any atom is 0.264 e. The van der Waals surface area contributed by atoms with Crippen molar-refractivity contribution in [3.8, 4) is 5.75 Å². The highest BCUT2D eigenvalue weighted by Crippen LogP contribution is 2.28. The number of hydrogen-bond acceptors (Lipinski definition) is 5. The molecule has 0 fully saturated rings. The second kappa shape index (κ2) is 15.6. The molecule has 8 nitrogen and oxygen atoms in total.